The molecule has 1 heterocycles. The number of H-pyrrole nitrogens is 1. The zero-order chi connectivity index (χ0) is 18.0. The molecule has 0 spiro atoms. The molecule has 0 atom stereocenters. The predicted octanol–water partition coefficient (Wildman–Crippen LogP) is 3.64. The van der Waals surface area contributed by atoms with Crippen LogP contribution in [0.15, 0.2) is 36.4 Å². The summed E-state index contributed by atoms with van der Waals surface area (Å²) >= 11 is 0. The number of carboxylic acid groups (broad SMARTS) is 1. The minimum Gasteiger partial charge on any atom is -0.493 e. The summed E-state index contributed by atoms with van der Waals surface area (Å²) in [4.78, 5) is 14.1. The number of hydrogen-bond donors (Lipinski definition) is 3. The Morgan fingerprint density at radius 1 is 1.04 bits per heavy atom. The third-order valence-corrected chi connectivity index (χ3v) is 3.84. The molecule has 0 saturated heterocycles. The molecule has 7 heteroatoms. The van der Waals surface area contributed by atoms with Crippen LogP contribution < -0.4 is 19.5 Å². The maximum absolute atomic E-state index is 11.2. The van der Waals surface area contributed by atoms with Crippen molar-refractivity contribution in [2.24, 2.45) is 0 Å². The second-order valence-electron chi connectivity index (χ2n) is 5.29. The number of anilines is 2. The highest BCUT2D eigenvalue weighted by Crippen LogP contribution is 2.41. The summed E-state index contributed by atoms with van der Waals surface area (Å²) in [5.41, 5.74) is 2.35. The minimum absolute atomic E-state index is 0.133. The highest BCUT2D eigenvalue weighted by molar-refractivity contribution is 6.00. The molecule has 3 rings (SSSR count). The van der Waals surface area contributed by atoms with Crippen molar-refractivity contribution in [3.8, 4) is 17.2 Å². The van der Waals surface area contributed by atoms with Crippen LogP contribution in [0.25, 0.3) is 10.9 Å². The Balaban J connectivity index is 2.05. The molecule has 0 amide bonds. The third-order valence-electron chi connectivity index (χ3n) is 3.84. The van der Waals surface area contributed by atoms with Crippen LogP contribution in [0.1, 0.15) is 10.5 Å². The van der Waals surface area contributed by atoms with Gasteiger partial charge in [0.15, 0.2) is 11.5 Å². The van der Waals surface area contributed by atoms with Gasteiger partial charge in [0.2, 0.25) is 5.75 Å². The van der Waals surface area contributed by atoms with Gasteiger partial charge in [0.25, 0.3) is 0 Å². The SMILES string of the molecule is COc1cc(Nc2cccc3[nH]c(C(=O)O)cc23)cc(OC)c1OC. The minimum atomic E-state index is -1.00. The average Bonchev–Trinajstić information content (AvgIpc) is 3.06. The van der Waals surface area contributed by atoms with E-state index in [0.717, 1.165) is 22.3 Å². The number of aromatic nitrogens is 1. The first kappa shape index (κ1) is 16.5. The predicted molar refractivity (Wildman–Crippen MR) is 94.6 cm³/mol. The van der Waals surface area contributed by atoms with Crippen molar-refractivity contribution < 1.29 is 24.1 Å². The number of benzene rings is 2. The molecule has 0 fully saturated rings. The van der Waals surface area contributed by atoms with Gasteiger partial charge in [-0.3, -0.25) is 0 Å². The van der Waals surface area contributed by atoms with Gasteiger partial charge in [0.1, 0.15) is 5.69 Å². The van der Waals surface area contributed by atoms with Crippen LogP contribution in [0, 0.1) is 0 Å². The van der Waals surface area contributed by atoms with Gasteiger partial charge in [-0.1, -0.05) is 6.07 Å². The number of nitrogens with one attached hydrogen (secondary N) is 2. The summed E-state index contributed by atoms with van der Waals surface area (Å²) in [7, 11) is 4.64. The number of carbonyl (C=O) groups is 1. The van der Waals surface area contributed by atoms with Crippen LogP contribution in [-0.4, -0.2) is 37.4 Å². The van der Waals surface area contributed by atoms with Gasteiger partial charge in [-0.05, 0) is 18.2 Å². The molecule has 3 aromatic rings. The van der Waals surface area contributed by atoms with Gasteiger partial charge >= 0.3 is 5.97 Å². The molecular formula is C18H18N2O5. The van der Waals surface area contributed by atoms with Crippen LogP contribution in [0.3, 0.4) is 0 Å². The first-order chi connectivity index (χ1) is 12.1. The summed E-state index contributed by atoms with van der Waals surface area (Å²) in [6, 6.07) is 10.7. The standard InChI is InChI=1S/C18H18N2O5/c1-23-15-7-10(8-16(24-2)17(15)25-3)19-12-5-4-6-13-11(12)9-14(20-13)18(21)22/h4-9,19-20H,1-3H3,(H,21,22). The Kier molecular flexibility index (Phi) is 4.38. The van der Waals surface area contributed by atoms with E-state index >= 15 is 0 Å². The normalized spacial score (nSPS) is 10.5. The third kappa shape index (κ3) is 3.03. The van der Waals surface area contributed by atoms with Crippen molar-refractivity contribution in [2.75, 3.05) is 26.6 Å². The molecular weight excluding hydrogens is 324 g/mol. The van der Waals surface area contributed by atoms with E-state index in [0.29, 0.717) is 17.2 Å². The largest absolute Gasteiger partial charge is 0.493 e. The zero-order valence-corrected chi connectivity index (χ0v) is 14.0. The van der Waals surface area contributed by atoms with Crippen molar-refractivity contribution in [1.29, 1.82) is 0 Å². The maximum Gasteiger partial charge on any atom is 0.352 e. The van der Waals surface area contributed by atoms with Crippen LogP contribution in [0.2, 0.25) is 0 Å². The van der Waals surface area contributed by atoms with Crippen molar-refractivity contribution >= 4 is 28.2 Å². The molecule has 0 unspecified atom stereocenters. The number of methoxy groups -OCH3 is 3. The summed E-state index contributed by atoms with van der Waals surface area (Å²) in [6.45, 7) is 0. The molecule has 1 aromatic heterocycles. The highest BCUT2D eigenvalue weighted by Gasteiger charge is 2.15. The zero-order valence-electron chi connectivity index (χ0n) is 14.0. The number of hydrogen-bond acceptors (Lipinski definition) is 5. The van der Waals surface area contributed by atoms with E-state index in [9.17, 15) is 4.79 Å². The Hall–Kier alpha value is -3.35. The lowest BCUT2D eigenvalue weighted by atomic mass is 10.2. The molecule has 0 radical (unpaired) electrons. The Morgan fingerprint density at radius 3 is 2.28 bits per heavy atom. The van der Waals surface area contributed by atoms with Gasteiger partial charge in [0.05, 0.1) is 21.3 Å². The topological polar surface area (TPSA) is 92.8 Å². The first-order valence-corrected chi connectivity index (χ1v) is 7.49. The molecule has 3 N–H and O–H groups in total. The van der Waals surface area contributed by atoms with E-state index in [2.05, 4.69) is 10.3 Å². The smallest absolute Gasteiger partial charge is 0.352 e. The molecule has 0 bridgehead atoms. The highest BCUT2D eigenvalue weighted by atomic mass is 16.5. The fourth-order valence-corrected chi connectivity index (χ4v) is 2.69. The van der Waals surface area contributed by atoms with Crippen molar-refractivity contribution in [3.63, 3.8) is 0 Å². The summed E-state index contributed by atoms with van der Waals surface area (Å²) < 4.78 is 16.0. The van der Waals surface area contributed by atoms with Crippen molar-refractivity contribution in [1.82, 2.24) is 4.98 Å². The van der Waals surface area contributed by atoms with Gasteiger partial charge in [-0.2, -0.15) is 0 Å². The summed E-state index contributed by atoms with van der Waals surface area (Å²) in [5.74, 6) is 0.548. The second-order valence-corrected chi connectivity index (χ2v) is 5.29. The molecule has 7 nitrogen and oxygen atoms in total. The molecule has 0 aliphatic rings. The van der Waals surface area contributed by atoms with Crippen LogP contribution in [0.5, 0.6) is 17.2 Å². The fourth-order valence-electron chi connectivity index (χ4n) is 2.69. The maximum atomic E-state index is 11.2. The molecule has 0 saturated carbocycles. The Morgan fingerprint density at radius 2 is 1.72 bits per heavy atom. The van der Waals surface area contributed by atoms with E-state index in [1.165, 1.54) is 0 Å². The lowest BCUT2D eigenvalue weighted by Crippen LogP contribution is -1.98. The first-order valence-electron chi connectivity index (χ1n) is 7.49. The molecule has 0 aliphatic heterocycles. The molecule has 2 aromatic carbocycles. The van der Waals surface area contributed by atoms with Crippen LogP contribution in [-0.2, 0) is 0 Å². The number of ether oxygens (including phenoxy) is 3. The average molecular weight is 342 g/mol. The van der Waals surface area contributed by atoms with E-state index < -0.39 is 5.97 Å². The number of carboxylic acids is 1. The summed E-state index contributed by atoms with van der Waals surface area (Å²) in [5, 5.41) is 13.2. The fraction of sp³-hybridized carbons (Fsp3) is 0.167. The number of aromatic amines is 1. The summed E-state index contributed by atoms with van der Waals surface area (Å²) in [6.07, 6.45) is 0. The van der Waals surface area contributed by atoms with Crippen molar-refractivity contribution in [3.05, 3.63) is 42.1 Å². The number of fused-ring (bicyclic) bond motifs is 1. The Labute approximate surface area is 144 Å². The van der Waals surface area contributed by atoms with Gasteiger partial charge in [-0.25, -0.2) is 4.79 Å². The number of aromatic carboxylic acids is 1. The molecule has 0 aliphatic carbocycles. The Bertz CT molecular complexity index is 907. The second kappa shape index (κ2) is 6.64. The van der Waals surface area contributed by atoms with Gasteiger partial charge in [0, 0.05) is 34.4 Å². The van der Waals surface area contributed by atoms with Gasteiger partial charge < -0.3 is 29.6 Å². The van der Waals surface area contributed by atoms with E-state index in [4.69, 9.17) is 19.3 Å². The lowest BCUT2D eigenvalue weighted by Gasteiger charge is -2.15. The van der Waals surface area contributed by atoms with E-state index in [1.807, 2.05) is 18.2 Å². The monoisotopic (exact) mass is 342 g/mol. The molecule has 25 heavy (non-hydrogen) atoms. The van der Waals surface area contributed by atoms with Crippen molar-refractivity contribution in [2.45, 2.75) is 0 Å². The van der Waals surface area contributed by atoms with Gasteiger partial charge in [-0.15, -0.1) is 0 Å². The quantitative estimate of drug-likeness (QED) is 0.633. The molecule has 130 valence electrons. The lowest BCUT2D eigenvalue weighted by molar-refractivity contribution is 0.0691. The van der Waals surface area contributed by atoms with Crippen LogP contribution in [0.4, 0.5) is 11.4 Å². The number of rotatable bonds is 6. The van der Waals surface area contributed by atoms with Crippen LogP contribution >= 0.6 is 0 Å². The van der Waals surface area contributed by atoms with E-state index in [1.54, 1.807) is 39.5 Å². The van der Waals surface area contributed by atoms with E-state index in [-0.39, 0.29) is 5.69 Å².